The number of rotatable bonds is 9. The lowest BCUT2D eigenvalue weighted by Crippen LogP contribution is -2.39. The third kappa shape index (κ3) is 9.98. The molecule has 0 radical (unpaired) electrons. The summed E-state index contributed by atoms with van der Waals surface area (Å²) in [5.74, 6) is 0.589. The van der Waals surface area contributed by atoms with Gasteiger partial charge in [0.1, 0.15) is 6.54 Å². The van der Waals surface area contributed by atoms with Crippen LogP contribution in [0.3, 0.4) is 0 Å². The van der Waals surface area contributed by atoms with Crippen LogP contribution in [-0.2, 0) is 17.8 Å². The SMILES string of the molecule is CCNC(=NCC(=O)NCc1ccccc1)NCCCc1ccccc1.I. The monoisotopic (exact) mass is 480 g/mol. The molecule has 27 heavy (non-hydrogen) atoms. The normalized spacial score (nSPS) is 10.6. The summed E-state index contributed by atoms with van der Waals surface area (Å²) in [4.78, 5) is 16.3. The second-order valence-electron chi connectivity index (χ2n) is 5.97. The maximum absolute atomic E-state index is 12.0. The van der Waals surface area contributed by atoms with Gasteiger partial charge in [-0.3, -0.25) is 4.79 Å². The highest BCUT2D eigenvalue weighted by molar-refractivity contribution is 14.0. The molecule has 0 unspecified atom stereocenters. The third-order valence-corrected chi connectivity index (χ3v) is 3.84. The van der Waals surface area contributed by atoms with Gasteiger partial charge >= 0.3 is 0 Å². The van der Waals surface area contributed by atoms with Gasteiger partial charge in [-0.05, 0) is 30.9 Å². The van der Waals surface area contributed by atoms with Crippen LogP contribution in [0.5, 0.6) is 0 Å². The molecule has 146 valence electrons. The van der Waals surface area contributed by atoms with E-state index in [1.54, 1.807) is 0 Å². The molecule has 0 fully saturated rings. The van der Waals surface area contributed by atoms with E-state index < -0.39 is 0 Å². The standard InChI is InChI=1S/C21H28N4O.HI/c1-2-22-21(23-15-9-14-18-10-5-3-6-11-18)25-17-20(26)24-16-19-12-7-4-8-13-19;/h3-8,10-13H,2,9,14-17H2,1H3,(H,24,26)(H2,22,23,25);1H. The topological polar surface area (TPSA) is 65.5 Å². The fourth-order valence-electron chi connectivity index (χ4n) is 2.49. The Morgan fingerprint density at radius 2 is 1.52 bits per heavy atom. The molecule has 2 aromatic carbocycles. The Hall–Kier alpha value is -2.09. The van der Waals surface area contributed by atoms with Crippen LogP contribution in [0, 0.1) is 0 Å². The van der Waals surface area contributed by atoms with Crippen LogP contribution >= 0.6 is 24.0 Å². The van der Waals surface area contributed by atoms with Gasteiger partial charge < -0.3 is 16.0 Å². The largest absolute Gasteiger partial charge is 0.357 e. The lowest BCUT2D eigenvalue weighted by Gasteiger charge is -2.11. The van der Waals surface area contributed by atoms with E-state index in [0.29, 0.717) is 12.5 Å². The van der Waals surface area contributed by atoms with Crippen LogP contribution in [0.1, 0.15) is 24.5 Å². The van der Waals surface area contributed by atoms with E-state index in [0.717, 1.165) is 31.5 Å². The van der Waals surface area contributed by atoms with Gasteiger partial charge in [0.2, 0.25) is 5.91 Å². The summed E-state index contributed by atoms with van der Waals surface area (Å²) in [5, 5.41) is 9.33. The van der Waals surface area contributed by atoms with Gasteiger partial charge in [0.25, 0.3) is 0 Å². The highest BCUT2D eigenvalue weighted by atomic mass is 127. The number of halogens is 1. The van der Waals surface area contributed by atoms with Crippen LogP contribution in [0.15, 0.2) is 65.7 Å². The summed E-state index contributed by atoms with van der Waals surface area (Å²) in [6.07, 6.45) is 2.03. The molecule has 0 heterocycles. The predicted octanol–water partition coefficient (Wildman–Crippen LogP) is 3.11. The average Bonchev–Trinajstić information content (AvgIpc) is 2.69. The molecule has 0 saturated heterocycles. The minimum atomic E-state index is -0.0876. The first kappa shape index (κ1) is 23.0. The summed E-state index contributed by atoms with van der Waals surface area (Å²) in [6, 6.07) is 20.3. The number of nitrogens with zero attached hydrogens (tertiary/aromatic N) is 1. The van der Waals surface area contributed by atoms with Crippen LogP contribution in [0.25, 0.3) is 0 Å². The average molecular weight is 480 g/mol. The Labute approximate surface area is 179 Å². The smallest absolute Gasteiger partial charge is 0.242 e. The van der Waals surface area contributed by atoms with E-state index >= 15 is 0 Å². The third-order valence-electron chi connectivity index (χ3n) is 3.84. The van der Waals surface area contributed by atoms with Crippen molar-refractivity contribution in [2.24, 2.45) is 4.99 Å². The van der Waals surface area contributed by atoms with Crippen LogP contribution in [-0.4, -0.2) is 31.5 Å². The highest BCUT2D eigenvalue weighted by Gasteiger charge is 2.02. The Morgan fingerprint density at radius 1 is 0.889 bits per heavy atom. The number of nitrogens with one attached hydrogen (secondary N) is 3. The van der Waals surface area contributed by atoms with Crippen molar-refractivity contribution in [2.75, 3.05) is 19.6 Å². The second kappa shape index (κ2) is 14.0. The number of carbonyl (C=O) groups is 1. The number of carbonyl (C=O) groups excluding carboxylic acids is 1. The quantitative estimate of drug-likeness (QED) is 0.224. The molecule has 0 aliphatic heterocycles. The van der Waals surface area contributed by atoms with Gasteiger partial charge in [-0.2, -0.15) is 0 Å². The number of benzene rings is 2. The number of guanidine groups is 1. The van der Waals surface area contributed by atoms with Crippen molar-refractivity contribution in [3.8, 4) is 0 Å². The number of aliphatic imine (C=N–C) groups is 1. The van der Waals surface area contributed by atoms with Gasteiger partial charge in [0, 0.05) is 19.6 Å². The Bertz CT molecular complexity index is 677. The molecule has 0 atom stereocenters. The van der Waals surface area contributed by atoms with Gasteiger partial charge in [-0.15, -0.1) is 24.0 Å². The molecule has 2 aromatic rings. The Balaban J connectivity index is 0.00000364. The zero-order valence-electron chi connectivity index (χ0n) is 15.8. The zero-order chi connectivity index (χ0) is 18.5. The fourth-order valence-corrected chi connectivity index (χ4v) is 2.49. The van der Waals surface area contributed by atoms with Crippen molar-refractivity contribution in [3.05, 3.63) is 71.8 Å². The fraction of sp³-hybridized carbons (Fsp3) is 0.333. The van der Waals surface area contributed by atoms with Gasteiger partial charge in [0.15, 0.2) is 5.96 Å². The van der Waals surface area contributed by atoms with Gasteiger partial charge in [-0.25, -0.2) is 4.99 Å². The van der Waals surface area contributed by atoms with E-state index in [1.807, 2.05) is 43.3 Å². The first-order chi connectivity index (χ1) is 12.8. The van der Waals surface area contributed by atoms with Crippen molar-refractivity contribution in [3.63, 3.8) is 0 Å². The van der Waals surface area contributed by atoms with Gasteiger partial charge in [-0.1, -0.05) is 60.7 Å². The lowest BCUT2D eigenvalue weighted by atomic mass is 10.1. The number of hydrogen-bond acceptors (Lipinski definition) is 2. The minimum Gasteiger partial charge on any atom is -0.357 e. The lowest BCUT2D eigenvalue weighted by molar-refractivity contribution is -0.119. The summed E-state index contributed by atoms with van der Waals surface area (Å²) in [7, 11) is 0. The van der Waals surface area contributed by atoms with E-state index in [1.165, 1.54) is 5.56 Å². The van der Waals surface area contributed by atoms with Crippen LogP contribution in [0.2, 0.25) is 0 Å². The predicted molar refractivity (Wildman–Crippen MR) is 122 cm³/mol. The molecule has 0 aromatic heterocycles. The molecule has 5 nitrogen and oxygen atoms in total. The second-order valence-corrected chi connectivity index (χ2v) is 5.97. The molecular formula is C21H29IN4O. The molecule has 0 spiro atoms. The van der Waals surface area contributed by atoms with E-state index in [4.69, 9.17) is 0 Å². The van der Waals surface area contributed by atoms with Crippen molar-refractivity contribution in [1.82, 2.24) is 16.0 Å². The van der Waals surface area contributed by atoms with Crippen molar-refractivity contribution >= 4 is 35.8 Å². The number of hydrogen-bond donors (Lipinski definition) is 3. The number of aryl methyl sites for hydroxylation is 1. The summed E-state index contributed by atoms with van der Waals surface area (Å²) < 4.78 is 0. The van der Waals surface area contributed by atoms with Crippen molar-refractivity contribution < 1.29 is 4.79 Å². The molecule has 0 saturated carbocycles. The van der Waals surface area contributed by atoms with Crippen molar-refractivity contribution in [2.45, 2.75) is 26.3 Å². The Morgan fingerprint density at radius 3 is 2.15 bits per heavy atom. The zero-order valence-corrected chi connectivity index (χ0v) is 18.1. The Kier molecular flexibility index (Phi) is 11.9. The first-order valence-corrected chi connectivity index (χ1v) is 9.14. The van der Waals surface area contributed by atoms with Crippen molar-refractivity contribution in [1.29, 1.82) is 0 Å². The summed E-state index contributed by atoms with van der Waals surface area (Å²) >= 11 is 0. The molecule has 0 aliphatic rings. The van der Waals surface area contributed by atoms with E-state index in [-0.39, 0.29) is 36.4 Å². The summed E-state index contributed by atoms with van der Waals surface area (Å²) in [6.45, 7) is 4.22. The van der Waals surface area contributed by atoms with Crippen LogP contribution in [0.4, 0.5) is 0 Å². The highest BCUT2D eigenvalue weighted by Crippen LogP contribution is 2.01. The van der Waals surface area contributed by atoms with E-state index in [9.17, 15) is 4.79 Å². The number of amides is 1. The first-order valence-electron chi connectivity index (χ1n) is 9.14. The maximum Gasteiger partial charge on any atom is 0.242 e. The molecule has 2 rings (SSSR count). The molecule has 0 bridgehead atoms. The minimum absolute atomic E-state index is 0. The van der Waals surface area contributed by atoms with Gasteiger partial charge in [0.05, 0.1) is 0 Å². The van der Waals surface area contributed by atoms with Crippen LogP contribution < -0.4 is 16.0 Å². The molecule has 6 heteroatoms. The maximum atomic E-state index is 12.0. The molecule has 3 N–H and O–H groups in total. The molecule has 1 amide bonds. The van der Waals surface area contributed by atoms with E-state index in [2.05, 4.69) is 45.2 Å². The molecular weight excluding hydrogens is 451 g/mol. The molecule has 0 aliphatic carbocycles. The summed E-state index contributed by atoms with van der Waals surface area (Å²) in [5.41, 5.74) is 2.41.